The van der Waals surface area contributed by atoms with Crippen molar-refractivity contribution in [3.63, 3.8) is 0 Å². The van der Waals surface area contributed by atoms with Crippen molar-refractivity contribution in [2.75, 3.05) is 19.6 Å². The maximum absolute atomic E-state index is 12.3. The number of carbonyl (C=O) groups excluding carboxylic acids is 1. The quantitative estimate of drug-likeness (QED) is 0.689. The van der Waals surface area contributed by atoms with Crippen LogP contribution in [-0.2, 0) is 6.61 Å². The molecule has 2 aromatic rings. The van der Waals surface area contributed by atoms with Crippen LogP contribution in [0, 0.1) is 5.92 Å². The van der Waals surface area contributed by atoms with Gasteiger partial charge in [-0.2, -0.15) is 0 Å². The zero-order chi connectivity index (χ0) is 16.8. The Bertz CT molecular complexity index is 688. The highest BCUT2D eigenvalue weighted by molar-refractivity contribution is 5.94. The number of rotatable bonds is 6. The van der Waals surface area contributed by atoms with E-state index in [0.29, 0.717) is 31.0 Å². The highest BCUT2D eigenvalue weighted by atomic mass is 35.5. The molecule has 1 fully saturated rings. The van der Waals surface area contributed by atoms with E-state index in [1.165, 1.54) is 0 Å². The van der Waals surface area contributed by atoms with Crippen molar-refractivity contribution in [3.05, 3.63) is 59.9 Å². The highest BCUT2D eigenvalue weighted by Gasteiger charge is 2.25. The first-order chi connectivity index (χ1) is 11.7. The molecule has 142 valence electrons. The smallest absolute Gasteiger partial charge is 0.251 e. The third-order valence-corrected chi connectivity index (χ3v) is 4.05. The number of benzene rings is 1. The van der Waals surface area contributed by atoms with E-state index in [-0.39, 0.29) is 36.6 Å². The van der Waals surface area contributed by atoms with Gasteiger partial charge in [-0.25, -0.2) is 0 Å². The Morgan fingerprint density at radius 3 is 2.81 bits per heavy atom. The lowest BCUT2D eigenvalue weighted by Crippen LogP contribution is -2.34. The minimum atomic E-state index is -0.403. The van der Waals surface area contributed by atoms with E-state index in [1.54, 1.807) is 30.6 Å². The molecule has 1 aromatic heterocycles. The van der Waals surface area contributed by atoms with Gasteiger partial charge in [-0.3, -0.25) is 9.78 Å². The van der Waals surface area contributed by atoms with Crippen molar-refractivity contribution in [2.45, 2.75) is 12.7 Å². The fourth-order valence-corrected chi connectivity index (χ4v) is 2.63. The molecule has 1 aromatic carbocycles. The molecular weight excluding hydrogens is 377 g/mol. The zero-order valence-corrected chi connectivity index (χ0v) is 15.8. The summed E-state index contributed by atoms with van der Waals surface area (Å²) in [4.78, 5) is 16.3. The summed E-state index contributed by atoms with van der Waals surface area (Å²) in [6.07, 6.45) is 3.06. The second-order valence-corrected chi connectivity index (χ2v) is 5.87. The SMILES string of the molecule is Cl.Cl.O=C(NCC1CNCC1O)c1cccc(OCc2cccnc2)c1. The molecule has 1 aliphatic rings. The zero-order valence-electron chi connectivity index (χ0n) is 14.1. The number of hydrogen-bond acceptors (Lipinski definition) is 5. The Labute approximate surface area is 165 Å². The molecule has 3 rings (SSSR count). The van der Waals surface area contributed by atoms with E-state index in [4.69, 9.17) is 4.74 Å². The number of nitrogens with zero attached hydrogens (tertiary/aromatic N) is 1. The van der Waals surface area contributed by atoms with Gasteiger partial charge in [0.15, 0.2) is 0 Å². The monoisotopic (exact) mass is 399 g/mol. The number of hydrogen-bond donors (Lipinski definition) is 3. The molecule has 6 nitrogen and oxygen atoms in total. The van der Waals surface area contributed by atoms with Crippen molar-refractivity contribution < 1.29 is 14.6 Å². The van der Waals surface area contributed by atoms with E-state index in [9.17, 15) is 9.90 Å². The van der Waals surface area contributed by atoms with Crippen LogP contribution in [0.3, 0.4) is 0 Å². The van der Waals surface area contributed by atoms with Crippen LogP contribution in [0.1, 0.15) is 15.9 Å². The van der Waals surface area contributed by atoms with Gasteiger partial charge in [0.05, 0.1) is 6.10 Å². The second-order valence-electron chi connectivity index (χ2n) is 5.87. The lowest BCUT2D eigenvalue weighted by Gasteiger charge is -2.14. The molecule has 0 spiro atoms. The van der Waals surface area contributed by atoms with Crippen LogP contribution in [0.4, 0.5) is 0 Å². The average molecular weight is 400 g/mol. The summed E-state index contributed by atoms with van der Waals surface area (Å²) >= 11 is 0. The Morgan fingerprint density at radius 1 is 1.27 bits per heavy atom. The maximum Gasteiger partial charge on any atom is 0.251 e. The lowest BCUT2D eigenvalue weighted by atomic mass is 10.1. The topological polar surface area (TPSA) is 83.5 Å². The number of aromatic nitrogens is 1. The molecule has 1 amide bonds. The normalized spacial score (nSPS) is 18.3. The minimum Gasteiger partial charge on any atom is -0.489 e. The van der Waals surface area contributed by atoms with Gasteiger partial charge >= 0.3 is 0 Å². The maximum atomic E-state index is 12.3. The van der Waals surface area contributed by atoms with Gasteiger partial charge < -0.3 is 20.5 Å². The first-order valence-electron chi connectivity index (χ1n) is 8.01. The standard InChI is InChI=1S/C18H21N3O3.2ClH/c22-17-11-20-9-15(17)10-21-18(23)14-4-1-5-16(7-14)24-12-13-3-2-6-19-8-13;;/h1-8,15,17,20,22H,9-12H2,(H,21,23);2*1H. The van der Waals surface area contributed by atoms with Crippen LogP contribution >= 0.6 is 24.8 Å². The minimum absolute atomic E-state index is 0. The molecule has 0 radical (unpaired) electrons. The molecule has 2 unspecified atom stereocenters. The van der Waals surface area contributed by atoms with Crippen LogP contribution in [0.25, 0.3) is 0 Å². The molecule has 2 heterocycles. The molecular formula is C18H23Cl2N3O3. The first-order valence-corrected chi connectivity index (χ1v) is 8.01. The highest BCUT2D eigenvalue weighted by Crippen LogP contribution is 2.15. The Morgan fingerprint density at radius 2 is 2.12 bits per heavy atom. The van der Waals surface area contributed by atoms with Crippen LogP contribution in [0.15, 0.2) is 48.8 Å². The molecule has 0 saturated carbocycles. The van der Waals surface area contributed by atoms with Gasteiger partial charge in [0.25, 0.3) is 5.91 Å². The van der Waals surface area contributed by atoms with Crippen molar-refractivity contribution in [1.29, 1.82) is 0 Å². The summed E-state index contributed by atoms with van der Waals surface area (Å²) in [5.74, 6) is 0.522. The van der Waals surface area contributed by atoms with Gasteiger partial charge in [-0.05, 0) is 24.3 Å². The van der Waals surface area contributed by atoms with Crippen LogP contribution in [0.5, 0.6) is 5.75 Å². The third-order valence-electron chi connectivity index (χ3n) is 4.05. The molecule has 1 aliphatic heterocycles. The summed E-state index contributed by atoms with van der Waals surface area (Å²) in [6, 6.07) is 10.9. The predicted octanol–water partition coefficient (Wildman–Crippen LogP) is 1.81. The molecule has 3 N–H and O–H groups in total. The fourth-order valence-electron chi connectivity index (χ4n) is 2.63. The summed E-state index contributed by atoms with van der Waals surface area (Å²) in [5.41, 5.74) is 1.51. The van der Waals surface area contributed by atoms with Crippen molar-refractivity contribution in [1.82, 2.24) is 15.6 Å². The molecule has 1 saturated heterocycles. The summed E-state index contributed by atoms with van der Waals surface area (Å²) in [6.45, 7) is 2.15. The molecule has 26 heavy (non-hydrogen) atoms. The molecule has 0 bridgehead atoms. The number of halogens is 2. The summed E-state index contributed by atoms with van der Waals surface area (Å²) in [7, 11) is 0. The number of carbonyl (C=O) groups is 1. The van der Waals surface area contributed by atoms with Gasteiger partial charge in [0, 0.05) is 49.1 Å². The van der Waals surface area contributed by atoms with Gasteiger partial charge in [0.2, 0.25) is 0 Å². The molecule has 2 atom stereocenters. The number of ether oxygens (including phenoxy) is 1. The fraction of sp³-hybridized carbons (Fsp3) is 0.333. The molecule has 0 aliphatic carbocycles. The van der Waals surface area contributed by atoms with Crippen molar-refractivity contribution in [3.8, 4) is 5.75 Å². The number of aliphatic hydroxyl groups excluding tert-OH is 1. The third kappa shape index (κ3) is 6.14. The largest absolute Gasteiger partial charge is 0.489 e. The Balaban J connectivity index is 0.00000169. The van der Waals surface area contributed by atoms with Crippen LogP contribution < -0.4 is 15.4 Å². The summed E-state index contributed by atoms with van der Waals surface area (Å²) in [5, 5.41) is 15.7. The van der Waals surface area contributed by atoms with E-state index in [2.05, 4.69) is 15.6 Å². The summed E-state index contributed by atoms with van der Waals surface area (Å²) < 4.78 is 5.71. The van der Waals surface area contributed by atoms with Crippen molar-refractivity contribution in [2.24, 2.45) is 5.92 Å². The average Bonchev–Trinajstić information content (AvgIpc) is 3.04. The van der Waals surface area contributed by atoms with E-state index >= 15 is 0 Å². The lowest BCUT2D eigenvalue weighted by molar-refractivity contribution is 0.0926. The van der Waals surface area contributed by atoms with Gasteiger partial charge in [-0.1, -0.05) is 12.1 Å². The van der Waals surface area contributed by atoms with E-state index in [0.717, 1.165) is 12.1 Å². The van der Waals surface area contributed by atoms with Crippen molar-refractivity contribution >= 4 is 30.7 Å². The first kappa shape index (κ1) is 22.2. The van der Waals surface area contributed by atoms with Gasteiger partial charge in [0.1, 0.15) is 12.4 Å². The Hall–Kier alpha value is -1.86. The Kier molecular flexibility index (Phi) is 9.37. The number of β-amino-alcohol motifs (C(OH)–C–C–N with tert-alkyl or cyclic N) is 1. The number of pyridine rings is 1. The van der Waals surface area contributed by atoms with E-state index in [1.807, 2.05) is 18.2 Å². The van der Waals surface area contributed by atoms with Crippen LogP contribution in [-0.4, -0.2) is 41.7 Å². The number of amides is 1. The van der Waals surface area contributed by atoms with Crippen LogP contribution in [0.2, 0.25) is 0 Å². The van der Waals surface area contributed by atoms with Gasteiger partial charge in [-0.15, -0.1) is 24.8 Å². The molecule has 8 heteroatoms. The predicted molar refractivity (Wildman–Crippen MR) is 104 cm³/mol. The number of aliphatic hydroxyl groups is 1. The van der Waals surface area contributed by atoms with E-state index < -0.39 is 6.10 Å². The number of nitrogens with one attached hydrogen (secondary N) is 2. The second kappa shape index (κ2) is 11.0.